The Morgan fingerprint density at radius 2 is 1.90 bits per heavy atom. The molecule has 4 unspecified atom stereocenters. The molecule has 0 aromatic heterocycles. The van der Waals surface area contributed by atoms with E-state index in [2.05, 4.69) is 37.9 Å². The monoisotopic (exact) mass is 292 g/mol. The SMILES string of the molecule is CC(C)CC1NC2(CCCC2)C(=O)N1C1CCC(C)C1C. The zero-order valence-corrected chi connectivity index (χ0v) is 14.2. The van der Waals surface area contributed by atoms with Crippen molar-refractivity contribution in [1.82, 2.24) is 10.2 Å². The lowest BCUT2D eigenvalue weighted by atomic mass is 9.94. The predicted molar refractivity (Wildman–Crippen MR) is 85.8 cm³/mol. The van der Waals surface area contributed by atoms with Crippen molar-refractivity contribution in [1.29, 1.82) is 0 Å². The molecule has 1 N–H and O–H groups in total. The molecule has 21 heavy (non-hydrogen) atoms. The van der Waals surface area contributed by atoms with Gasteiger partial charge in [0.05, 0.1) is 11.7 Å². The van der Waals surface area contributed by atoms with E-state index in [1.54, 1.807) is 0 Å². The van der Waals surface area contributed by atoms with Gasteiger partial charge in [0.1, 0.15) is 0 Å². The maximum atomic E-state index is 13.2. The van der Waals surface area contributed by atoms with Crippen molar-refractivity contribution in [3.8, 4) is 0 Å². The second kappa shape index (κ2) is 5.57. The Morgan fingerprint density at radius 1 is 1.24 bits per heavy atom. The van der Waals surface area contributed by atoms with Crippen LogP contribution in [0.3, 0.4) is 0 Å². The van der Waals surface area contributed by atoms with Gasteiger partial charge >= 0.3 is 0 Å². The first-order valence-electron chi connectivity index (χ1n) is 9.05. The third-order valence-corrected chi connectivity index (χ3v) is 6.35. The average molecular weight is 292 g/mol. The molecule has 1 heterocycles. The van der Waals surface area contributed by atoms with E-state index >= 15 is 0 Å². The van der Waals surface area contributed by atoms with Gasteiger partial charge in [0.25, 0.3) is 0 Å². The lowest BCUT2D eigenvalue weighted by Gasteiger charge is -2.34. The summed E-state index contributed by atoms with van der Waals surface area (Å²) >= 11 is 0. The fraction of sp³-hybridized carbons (Fsp3) is 0.944. The van der Waals surface area contributed by atoms with Gasteiger partial charge < -0.3 is 4.90 Å². The van der Waals surface area contributed by atoms with E-state index in [0.717, 1.165) is 25.2 Å². The fourth-order valence-electron chi connectivity index (χ4n) is 4.91. The summed E-state index contributed by atoms with van der Waals surface area (Å²) in [7, 11) is 0. The van der Waals surface area contributed by atoms with Gasteiger partial charge in [-0.15, -0.1) is 0 Å². The predicted octanol–water partition coefficient (Wildman–Crippen LogP) is 3.54. The van der Waals surface area contributed by atoms with Gasteiger partial charge in [-0.3, -0.25) is 10.1 Å². The molecule has 0 aromatic rings. The van der Waals surface area contributed by atoms with Crippen LogP contribution in [0.1, 0.15) is 72.6 Å². The lowest BCUT2D eigenvalue weighted by molar-refractivity contribution is -0.136. The van der Waals surface area contributed by atoms with E-state index in [0.29, 0.717) is 23.8 Å². The van der Waals surface area contributed by atoms with Crippen LogP contribution in [0.4, 0.5) is 0 Å². The Labute approximate surface area is 129 Å². The van der Waals surface area contributed by atoms with E-state index in [-0.39, 0.29) is 11.7 Å². The van der Waals surface area contributed by atoms with Crippen LogP contribution in [0.25, 0.3) is 0 Å². The Morgan fingerprint density at radius 3 is 2.43 bits per heavy atom. The summed E-state index contributed by atoms with van der Waals surface area (Å²) in [5.74, 6) is 2.45. The Hall–Kier alpha value is -0.570. The van der Waals surface area contributed by atoms with Crippen LogP contribution in [-0.2, 0) is 4.79 Å². The number of carbonyl (C=O) groups excluding carboxylic acids is 1. The van der Waals surface area contributed by atoms with Gasteiger partial charge in [-0.1, -0.05) is 40.5 Å². The molecule has 4 atom stereocenters. The number of hydrogen-bond donors (Lipinski definition) is 1. The smallest absolute Gasteiger partial charge is 0.244 e. The molecular formula is C18H32N2O. The first kappa shape index (κ1) is 15.3. The van der Waals surface area contributed by atoms with Crippen molar-refractivity contribution in [2.45, 2.75) is 90.4 Å². The molecule has 2 aliphatic carbocycles. The molecule has 0 radical (unpaired) electrons. The molecule has 1 spiro atoms. The van der Waals surface area contributed by atoms with Crippen LogP contribution in [0.15, 0.2) is 0 Å². The quantitative estimate of drug-likeness (QED) is 0.863. The molecule has 1 aliphatic heterocycles. The summed E-state index contributed by atoms with van der Waals surface area (Å²) in [5.41, 5.74) is -0.203. The van der Waals surface area contributed by atoms with Gasteiger partial charge in [0, 0.05) is 6.04 Å². The van der Waals surface area contributed by atoms with E-state index in [9.17, 15) is 4.79 Å². The van der Waals surface area contributed by atoms with Gasteiger partial charge in [-0.05, 0) is 49.9 Å². The molecule has 3 aliphatic rings. The second-order valence-corrected chi connectivity index (χ2v) is 8.27. The van der Waals surface area contributed by atoms with Crippen molar-refractivity contribution in [2.24, 2.45) is 17.8 Å². The Kier molecular flexibility index (Phi) is 4.06. The zero-order chi connectivity index (χ0) is 15.2. The topological polar surface area (TPSA) is 32.3 Å². The number of carbonyl (C=O) groups is 1. The second-order valence-electron chi connectivity index (χ2n) is 8.27. The molecule has 3 heteroatoms. The molecule has 3 nitrogen and oxygen atoms in total. The number of amides is 1. The Balaban J connectivity index is 1.85. The summed E-state index contributed by atoms with van der Waals surface area (Å²) in [4.78, 5) is 15.5. The third-order valence-electron chi connectivity index (χ3n) is 6.35. The van der Waals surface area contributed by atoms with Crippen molar-refractivity contribution in [3.05, 3.63) is 0 Å². The number of rotatable bonds is 3. The molecule has 3 fully saturated rings. The highest BCUT2D eigenvalue weighted by molar-refractivity contribution is 5.89. The van der Waals surface area contributed by atoms with E-state index in [1.807, 2.05) is 0 Å². The third kappa shape index (κ3) is 2.52. The van der Waals surface area contributed by atoms with Crippen LogP contribution in [0.5, 0.6) is 0 Å². The molecule has 2 saturated carbocycles. The number of hydrogen-bond acceptors (Lipinski definition) is 2. The minimum atomic E-state index is -0.203. The molecule has 3 rings (SSSR count). The average Bonchev–Trinajstić information content (AvgIpc) is 3.07. The van der Waals surface area contributed by atoms with E-state index in [4.69, 9.17) is 0 Å². The highest BCUT2D eigenvalue weighted by Crippen LogP contribution is 2.43. The summed E-state index contributed by atoms with van der Waals surface area (Å²) < 4.78 is 0. The van der Waals surface area contributed by atoms with Gasteiger partial charge in [-0.2, -0.15) is 0 Å². The Bertz CT molecular complexity index is 400. The minimum Gasteiger partial charge on any atom is -0.322 e. The fourth-order valence-corrected chi connectivity index (χ4v) is 4.91. The molecule has 0 aromatic carbocycles. The van der Waals surface area contributed by atoms with Gasteiger partial charge in [0.15, 0.2) is 0 Å². The van der Waals surface area contributed by atoms with Crippen molar-refractivity contribution < 1.29 is 4.79 Å². The largest absolute Gasteiger partial charge is 0.322 e. The lowest BCUT2D eigenvalue weighted by Crippen LogP contribution is -2.47. The van der Waals surface area contributed by atoms with Crippen LogP contribution in [-0.4, -0.2) is 28.6 Å². The van der Waals surface area contributed by atoms with E-state index in [1.165, 1.54) is 25.7 Å². The van der Waals surface area contributed by atoms with Crippen LogP contribution in [0, 0.1) is 17.8 Å². The van der Waals surface area contributed by atoms with E-state index < -0.39 is 0 Å². The number of nitrogens with zero attached hydrogens (tertiary/aromatic N) is 1. The van der Waals surface area contributed by atoms with Crippen LogP contribution < -0.4 is 5.32 Å². The van der Waals surface area contributed by atoms with Crippen molar-refractivity contribution in [2.75, 3.05) is 0 Å². The van der Waals surface area contributed by atoms with Crippen molar-refractivity contribution >= 4 is 5.91 Å². The number of nitrogens with one attached hydrogen (secondary N) is 1. The van der Waals surface area contributed by atoms with Gasteiger partial charge in [0.2, 0.25) is 5.91 Å². The molecule has 1 saturated heterocycles. The maximum absolute atomic E-state index is 13.2. The van der Waals surface area contributed by atoms with Crippen molar-refractivity contribution in [3.63, 3.8) is 0 Å². The van der Waals surface area contributed by atoms with Crippen LogP contribution in [0.2, 0.25) is 0 Å². The maximum Gasteiger partial charge on any atom is 0.244 e. The molecule has 0 bridgehead atoms. The molecule has 1 amide bonds. The highest BCUT2D eigenvalue weighted by atomic mass is 16.2. The first-order valence-corrected chi connectivity index (χ1v) is 9.05. The normalized spacial score (nSPS) is 39.1. The summed E-state index contributed by atoms with van der Waals surface area (Å²) in [6.45, 7) is 9.23. The first-order chi connectivity index (χ1) is 9.94. The molecule has 120 valence electrons. The summed E-state index contributed by atoms with van der Waals surface area (Å²) in [6, 6.07) is 0.462. The zero-order valence-electron chi connectivity index (χ0n) is 14.2. The standard InChI is InChI=1S/C18H32N2O/c1-12(2)11-16-19-18(9-5-6-10-18)17(21)20(16)15-8-7-13(3)14(15)4/h12-16,19H,5-11H2,1-4H3. The summed E-state index contributed by atoms with van der Waals surface area (Å²) in [6.07, 6.45) is 8.34. The minimum absolute atomic E-state index is 0.203. The van der Waals surface area contributed by atoms with Crippen LogP contribution >= 0.6 is 0 Å². The molecular weight excluding hydrogens is 260 g/mol. The van der Waals surface area contributed by atoms with Gasteiger partial charge in [-0.25, -0.2) is 0 Å². The summed E-state index contributed by atoms with van der Waals surface area (Å²) in [5, 5.41) is 3.79. The highest BCUT2D eigenvalue weighted by Gasteiger charge is 2.55.